The highest BCUT2D eigenvalue weighted by Gasteiger charge is 2.19. The van der Waals surface area contributed by atoms with Gasteiger partial charge in [-0.05, 0) is 37.1 Å². The quantitative estimate of drug-likeness (QED) is 0.891. The van der Waals surface area contributed by atoms with Crippen LogP contribution in [-0.2, 0) is 0 Å². The molecule has 2 rings (SSSR count). The molecule has 2 nitrogen and oxygen atoms in total. The van der Waals surface area contributed by atoms with E-state index in [0.29, 0.717) is 6.42 Å². The Balaban J connectivity index is 2.46. The Bertz CT molecular complexity index is 538. The molecule has 2 aromatic carbocycles. The maximum absolute atomic E-state index is 10.1. The Morgan fingerprint density at radius 3 is 2.42 bits per heavy atom. The SMILES string of the molecule is CC(O)CC(c1ccccc1)c1cc(Br)ccc1O. The predicted octanol–water partition coefficient (Wildman–Crippen LogP) is 4.06. The van der Waals surface area contributed by atoms with Crippen LogP contribution in [0.5, 0.6) is 5.75 Å². The molecule has 0 aliphatic heterocycles. The number of hydrogen-bond donors (Lipinski definition) is 2. The maximum Gasteiger partial charge on any atom is 0.119 e. The lowest BCUT2D eigenvalue weighted by Gasteiger charge is -2.21. The fraction of sp³-hybridized carbons (Fsp3) is 0.250. The highest BCUT2D eigenvalue weighted by Crippen LogP contribution is 2.36. The van der Waals surface area contributed by atoms with E-state index in [0.717, 1.165) is 15.6 Å². The Labute approximate surface area is 121 Å². The average Bonchev–Trinajstić information content (AvgIpc) is 2.40. The van der Waals surface area contributed by atoms with E-state index >= 15 is 0 Å². The second kappa shape index (κ2) is 6.22. The highest BCUT2D eigenvalue weighted by molar-refractivity contribution is 9.10. The third-order valence-electron chi connectivity index (χ3n) is 3.14. The van der Waals surface area contributed by atoms with E-state index < -0.39 is 6.10 Å². The number of aliphatic hydroxyl groups excluding tert-OH is 1. The summed E-state index contributed by atoms with van der Waals surface area (Å²) in [5.41, 5.74) is 1.93. The van der Waals surface area contributed by atoms with Gasteiger partial charge in [-0.25, -0.2) is 0 Å². The molecule has 0 aliphatic rings. The van der Waals surface area contributed by atoms with Gasteiger partial charge in [-0.1, -0.05) is 46.3 Å². The molecule has 0 heterocycles. The number of hydrogen-bond acceptors (Lipinski definition) is 2. The van der Waals surface area contributed by atoms with Gasteiger partial charge in [0, 0.05) is 16.0 Å². The van der Waals surface area contributed by atoms with Crippen molar-refractivity contribution in [2.75, 3.05) is 0 Å². The van der Waals surface area contributed by atoms with Gasteiger partial charge in [0.15, 0.2) is 0 Å². The zero-order valence-electron chi connectivity index (χ0n) is 10.8. The largest absolute Gasteiger partial charge is 0.508 e. The van der Waals surface area contributed by atoms with Gasteiger partial charge >= 0.3 is 0 Å². The fourth-order valence-corrected chi connectivity index (χ4v) is 2.65. The van der Waals surface area contributed by atoms with E-state index in [9.17, 15) is 10.2 Å². The van der Waals surface area contributed by atoms with Gasteiger partial charge in [0.05, 0.1) is 6.10 Å². The van der Waals surface area contributed by atoms with Gasteiger partial charge in [-0.15, -0.1) is 0 Å². The summed E-state index contributed by atoms with van der Waals surface area (Å²) in [6, 6.07) is 15.3. The monoisotopic (exact) mass is 320 g/mol. The Morgan fingerprint density at radius 2 is 1.79 bits per heavy atom. The molecule has 2 unspecified atom stereocenters. The second-order valence-corrected chi connectivity index (χ2v) is 5.67. The topological polar surface area (TPSA) is 40.5 Å². The molecule has 2 N–H and O–H groups in total. The first-order chi connectivity index (χ1) is 9.08. The number of rotatable bonds is 4. The zero-order chi connectivity index (χ0) is 13.8. The molecule has 0 fully saturated rings. The van der Waals surface area contributed by atoms with Crippen LogP contribution in [-0.4, -0.2) is 16.3 Å². The molecule has 0 saturated heterocycles. The summed E-state index contributed by atoms with van der Waals surface area (Å²) in [4.78, 5) is 0. The summed E-state index contributed by atoms with van der Waals surface area (Å²) in [5.74, 6) is 0.247. The Morgan fingerprint density at radius 1 is 1.11 bits per heavy atom. The summed E-state index contributed by atoms with van der Waals surface area (Å²) in [5, 5.41) is 19.8. The predicted molar refractivity (Wildman–Crippen MR) is 80.4 cm³/mol. The van der Waals surface area contributed by atoms with Crippen molar-refractivity contribution in [3.63, 3.8) is 0 Å². The molecule has 3 heteroatoms. The van der Waals surface area contributed by atoms with E-state index in [4.69, 9.17) is 0 Å². The second-order valence-electron chi connectivity index (χ2n) is 4.75. The summed E-state index contributed by atoms with van der Waals surface area (Å²) >= 11 is 3.43. The number of phenols is 1. The number of aromatic hydroxyl groups is 1. The van der Waals surface area contributed by atoms with Crippen molar-refractivity contribution in [1.29, 1.82) is 0 Å². The molecule has 0 aliphatic carbocycles. The normalized spacial score (nSPS) is 14.1. The molecule has 0 spiro atoms. The molecular weight excluding hydrogens is 304 g/mol. The Kier molecular flexibility index (Phi) is 4.61. The molecule has 2 atom stereocenters. The number of phenolic OH excluding ortho intramolecular Hbond substituents is 1. The average molecular weight is 321 g/mol. The first-order valence-electron chi connectivity index (χ1n) is 6.29. The van der Waals surface area contributed by atoms with Crippen molar-refractivity contribution in [2.45, 2.75) is 25.4 Å². The molecule has 19 heavy (non-hydrogen) atoms. The van der Waals surface area contributed by atoms with Crippen LogP contribution in [0.15, 0.2) is 53.0 Å². The lowest BCUT2D eigenvalue weighted by atomic mass is 9.86. The van der Waals surface area contributed by atoms with E-state index in [1.807, 2.05) is 42.5 Å². The highest BCUT2D eigenvalue weighted by atomic mass is 79.9. The summed E-state index contributed by atoms with van der Waals surface area (Å²) in [6.45, 7) is 1.77. The van der Waals surface area contributed by atoms with Crippen LogP contribution in [0.2, 0.25) is 0 Å². The number of aliphatic hydroxyl groups is 1. The minimum Gasteiger partial charge on any atom is -0.508 e. The maximum atomic E-state index is 10.1. The van der Waals surface area contributed by atoms with E-state index in [1.54, 1.807) is 13.0 Å². The molecule has 0 aromatic heterocycles. The third-order valence-corrected chi connectivity index (χ3v) is 3.64. The standard InChI is InChI=1S/C16H17BrO2/c1-11(18)9-14(12-5-3-2-4-6-12)15-10-13(17)7-8-16(15)19/h2-8,10-11,14,18-19H,9H2,1H3. The molecule has 0 radical (unpaired) electrons. The van der Waals surface area contributed by atoms with Gasteiger partial charge in [0.2, 0.25) is 0 Å². The van der Waals surface area contributed by atoms with Crippen LogP contribution >= 0.6 is 15.9 Å². The minimum atomic E-state index is -0.427. The van der Waals surface area contributed by atoms with Crippen molar-refractivity contribution in [3.8, 4) is 5.75 Å². The zero-order valence-corrected chi connectivity index (χ0v) is 12.3. The van der Waals surface area contributed by atoms with Gasteiger partial charge in [-0.2, -0.15) is 0 Å². The van der Waals surface area contributed by atoms with Gasteiger partial charge in [-0.3, -0.25) is 0 Å². The lowest BCUT2D eigenvalue weighted by molar-refractivity contribution is 0.178. The van der Waals surface area contributed by atoms with Crippen LogP contribution in [0.3, 0.4) is 0 Å². The van der Waals surface area contributed by atoms with Gasteiger partial charge in [0.25, 0.3) is 0 Å². The van der Waals surface area contributed by atoms with Gasteiger partial charge < -0.3 is 10.2 Å². The van der Waals surface area contributed by atoms with Crippen molar-refractivity contribution in [1.82, 2.24) is 0 Å². The smallest absolute Gasteiger partial charge is 0.119 e. The van der Waals surface area contributed by atoms with E-state index in [-0.39, 0.29) is 11.7 Å². The molecule has 0 amide bonds. The summed E-state index contributed by atoms with van der Waals surface area (Å²) in [6.07, 6.45) is 0.150. The van der Waals surface area contributed by atoms with Crippen LogP contribution < -0.4 is 0 Å². The van der Waals surface area contributed by atoms with Crippen LogP contribution in [0, 0.1) is 0 Å². The molecular formula is C16H17BrO2. The number of benzene rings is 2. The number of halogens is 1. The van der Waals surface area contributed by atoms with Crippen LogP contribution in [0.4, 0.5) is 0 Å². The van der Waals surface area contributed by atoms with Crippen molar-refractivity contribution in [2.24, 2.45) is 0 Å². The van der Waals surface area contributed by atoms with Gasteiger partial charge in [0.1, 0.15) is 5.75 Å². The van der Waals surface area contributed by atoms with E-state index in [1.165, 1.54) is 0 Å². The fourth-order valence-electron chi connectivity index (χ4n) is 2.27. The molecule has 100 valence electrons. The van der Waals surface area contributed by atoms with Crippen molar-refractivity contribution < 1.29 is 10.2 Å². The first kappa shape index (κ1) is 14.1. The minimum absolute atomic E-state index is 0.0151. The molecule has 0 saturated carbocycles. The third kappa shape index (κ3) is 3.58. The van der Waals surface area contributed by atoms with Crippen molar-refractivity contribution in [3.05, 3.63) is 64.1 Å². The molecule has 2 aromatic rings. The van der Waals surface area contributed by atoms with Crippen LogP contribution in [0.1, 0.15) is 30.4 Å². The molecule has 0 bridgehead atoms. The Hall–Kier alpha value is -1.32. The van der Waals surface area contributed by atoms with E-state index in [2.05, 4.69) is 15.9 Å². The van der Waals surface area contributed by atoms with Crippen molar-refractivity contribution >= 4 is 15.9 Å². The van der Waals surface area contributed by atoms with Crippen LogP contribution in [0.25, 0.3) is 0 Å². The first-order valence-corrected chi connectivity index (χ1v) is 7.08. The summed E-state index contributed by atoms with van der Waals surface area (Å²) in [7, 11) is 0. The summed E-state index contributed by atoms with van der Waals surface area (Å²) < 4.78 is 0.923. The lowest BCUT2D eigenvalue weighted by Crippen LogP contribution is -2.10.